The minimum absolute atomic E-state index is 0.373. The summed E-state index contributed by atoms with van der Waals surface area (Å²) in [6.45, 7) is 3.85. The molecule has 4 rings (SSSR count). The molecule has 0 aliphatic carbocycles. The highest BCUT2D eigenvalue weighted by molar-refractivity contribution is 5.94. The first-order valence-corrected chi connectivity index (χ1v) is 10.4. The second kappa shape index (κ2) is 10.6. The van der Waals surface area contributed by atoms with Crippen molar-refractivity contribution in [2.45, 2.75) is 6.54 Å². The summed E-state index contributed by atoms with van der Waals surface area (Å²) in [5.74, 6) is -1.03. The number of nitrogens with one attached hydrogen (secondary N) is 1. The van der Waals surface area contributed by atoms with E-state index in [1.165, 1.54) is 17.7 Å². The second-order valence-corrected chi connectivity index (χ2v) is 7.36. The highest BCUT2D eigenvalue weighted by Gasteiger charge is 2.11. The fraction of sp³-hybridized carbons (Fsp3) is 0.250. The lowest BCUT2D eigenvalue weighted by Gasteiger charge is -2.26. The Balaban J connectivity index is 1.22. The Morgan fingerprint density at radius 3 is 2.59 bits per heavy atom. The molecule has 1 aliphatic rings. The first kappa shape index (κ1) is 21.6. The van der Waals surface area contributed by atoms with Gasteiger partial charge in [0, 0.05) is 31.4 Å². The molecule has 1 saturated heterocycles. The number of esters is 1. The van der Waals surface area contributed by atoms with Gasteiger partial charge in [-0.25, -0.2) is 9.78 Å². The quantitative estimate of drug-likeness (QED) is 0.453. The van der Waals surface area contributed by atoms with E-state index in [4.69, 9.17) is 9.47 Å². The summed E-state index contributed by atoms with van der Waals surface area (Å²) >= 11 is 0. The molecule has 164 valence electrons. The zero-order valence-corrected chi connectivity index (χ0v) is 17.6. The minimum Gasteiger partial charge on any atom is -0.452 e. The lowest BCUT2D eigenvalue weighted by molar-refractivity contribution is -0.142. The second-order valence-electron chi connectivity index (χ2n) is 7.36. The van der Waals surface area contributed by atoms with Crippen LogP contribution in [0.5, 0.6) is 0 Å². The van der Waals surface area contributed by atoms with Gasteiger partial charge in [0.25, 0.3) is 5.91 Å². The Morgan fingerprint density at radius 1 is 1.06 bits per heavy atom. The molecule has 1 aliphatic heterocycles. The van der Waals surface area contributed by atoms with Crippen LogP contribution in [0.25, 0.3) is 17.1 Å². The molecule has 0 bridgehead atoms. The molecular formula is C24H24N4O4. The number of fused-ring (bicyclic) bond motifs is 1. The van der Waals surface area contributed by atoms with Gasteiger partial charge in [-0.2, -0.15) is 0 Å². The van der Waals surface area contributed by atoms with Gasteiger partial charge in [-0.1, -0.05) is 24.3 Å². The van der Waals surface area contributed by atoms with E-state index in [1.54, 1.807) is 6.20 Å². The number of nitrogens with zero attached hydrogens (tertiary/aromatic N) is 3. The van der Waals surface area contributed by atoms with Crippen LogP contribution < -0.4 is 5.32 Å². The smallest absolute Gasteiger partial charge is 0.331 e. The van der Waals surface area contributed by atoms with Crippen molar-refractivity contribution < 1.29 is 19.1 Å². The van der Waals surface area contributed by atoms with E-state index in [-0.39, 0.29) is 6.61 Å². The van der Waals surface area contributed by atoms with E-state index in [0.29, 0.717) is 11.4 Å². The van der Waals surface area contributed by atoms with E-state index in [2.05, 4.69) is 20.2 Å². The SMILES string of the molecule is O=C(COC(=O)C=Cc1cnc2ccccc2n1)Nc1ccc(CN2CCOCC2)cc1. The highest BCUT2D eigenvalue weighted by atomic mass is 16.5. The van der Waals surface area contributed by atoms with Crippen LogP contribution in [0.2, 0.25) is 0 Å². The van der Waals surface area contributed by atoms with Gasteiger partial charge >= 0.3 is 5.97 Å². The third kappa shape index (κ3) is 6.19. The molecule has 1 amide bonds. The zero-order valence-electron chi connectivity index (χ0n) is 17.6. The summed E-state index contributed by atoms with van der Waals surface area (Å²) in [5.41, 5.74) is 3.86. The van der Waals surface area contributed by atoms with Gasteiger partial charge in [0.1, 0.15) is 0 Å². The molecule has 32 heavy (non-hydrogen) atoms. The highest BCUT2D eigenvalue weighted by Crippen LogP contribution is 2.13. The summed E-state index contributed by atoms with van der Waals surface area (Å²) in [4.78, 5) is 35.0. The van der Waals surface area contributed by atoms with Crippen molar-refractivity contribution in [3.8, 4) is 0 Å². The number of hydrogen-bond donors (Lipinski definition) is 1. The number of morpholine rings is 1. The van der Waals surface area contributed by atoms with Gasteiger partial charge in [0.05, 0.1) is 36.1 Å². The Hall–Kier alpha value is -3.62. The third-order valence-electron chi connectivity index (χ3n) is 4.95. The van der Waals surface area contributed by atoms with Crippen molar-refractivity contribution in [1.82, 2.24) is 14.9 Å². The number of hydrogen-bond acceptors (Lipinski definition) is 7. The van der Waals surface area contributed by atoms with Gasteiger partial charge in [-0.3, -0.25) is 14.7 Å². The summed E-state index contributed by atoms with van der Waals surface area (Å²) in [5, 5.41) is 2.73. The van der Waals surface area contributed by atoms with Gasteiger partial charge < -0.3 is 14.8 Å². The number of ether oxygens (including phenoxy) is 2. The maximum atomic E-state index is 12.1. The van der Waals surface area contributed by atoms with Crippen LogP contribution in [-0.2, 0) is 25.6 Å². The van der Waals surface area contributed by atoms with Crippen LogP contribution in [0.3, 0.4) is 0 Å². The lowest BCUT2D eigenvalue weighted by atomic mass is 10.2. The largest absolute Gasteiger partial charge is 0.452 e. The van der Waals surface area contributed by atoms with Crippen LogP contribution in [0.4, 0.5) is 5.69 Å². The third-order valence-corrected chi connectivity index (χ3v) is 4.95. The molecule has 2 aromatic carbocycles. The molecule has 2 heterocycles. The molecule has 8 nitrogen and oxygen atoms in total. The standard InChI is InChI=1S/C24H24N4O4/c29-23(27-19-7-5-18(6-8-19)16-28-11-13-31-14-12-28)17-32-24(30)10-9-20-15-25-21-3-1-2-4-22(21)26-20/h1-10,15H,11-14,16-17H2,(H,27,29). The van der Waals surface area contributed by atoms with E-state index in [1.807, 2.05) is 48.5 Å². The van der Waals surface area contributed by atoms with Crippen molar-refractivity contribution in [1.29, 1.82) is 0 Å². The van der Waals surface area contributed by atoms with E-state index < -0.39 is 11.9 Å². The molecule has 8 heteroatoms. The van der Waals surface area contributed by atoms with E-state index >= 15 is 0 Å². The number of benzene rings is 2. The van der Waals surface area contributed by atoms with Crippen molar-refractivity contribution in [3.05, 3.63) is 72.1 Å². The summed E-state index contributed by atoms with van der Waals surface area (Å²) in [6.07, 6.45) is 4.31. The number of rotatable bonds is 7. The number of carbonyl (C=O) groups is 2. The molecular weight excluding hydrogens is 408 g/mol. The van der Waals surface area contributed by atoms with Crippen molar-refractivity contribution in [3.63, 3.8) is 0 Å². The normalized spacial score (nSPS) is 14.5. The van der Waals surface area contributed by atoms with Crippen molar-refractivity contribution >= 4 is 34.7 Å². The van der Waals surface area contributed by atoms with Crippen LogP contribution in [0, 0.1) is 0 Å². The van der Waals surface area contributed by atoms with Gasteiger partial charge in [0.15, 0.2) is 6.61 Å². The topological polar surface area (TPSA) is 93.7 Å². The fourth-order valence-electron chi connectivity index (χ4n) is 3.30. The number of amides is 1. The molecule has 0 atom stereocenters. The minimum atomic E-state index is -0.629. The maximum Gasteiger partial charge on any atom is 0.331 e. The predicted molar refractivity (Wildman–Crippen MR) is 121 cm³/mol. The lowest BCUT2D eigenvalue weighted by Crippen LogP contribution is -2.35. The van der Waals surface area contributed by atoms with Gasteiger partial charge in [-0.15, -0.1) is 0 Å². The van der Waals surface area contributed by atoms with Crippen molar-refractivity contribution in [2.75, 3.05) is 38.2 Å². The Kier molecular flexibility index (Phi) is 7.16. The zero-order chi connectivity index (χ0) is 22.2. The van der Waals surface area contributed by atoms with E-state index in [9.17, 15) is 9.59 Å². The first-order chi connectivity index (χ1) is 15.7. The van der Waals surface area contributed by atoms with Crippen LogP contribution in [0.15, 0.2) is 60.8 Å². The van der Waals surface area contributed by atoms with Crippen molar-refractivity contribution in [2.24, 2.45) is 0 Å². The number of para-hydroxylation sites is 2. The van der Waals surface area contributed by atoms with Crippen LogP contribution in [-0.4, -0.2) is 59.7 Å². The molecule has 1 fully saturated rings. The number of aromatic nitrogens is 2. The van der Waals surface area contributed by atoms with Crippen LogP contribution >= 0.6 is 0 Å². The monoisotopic (exact) mass is 432 g/mol. The Bertz CT molecular complexity index is 1110. The predicted octanol–water partition coefficient (Wildman–Crippen LogP) is 2.66. The number of carbonyl (C=O) groups excluding carboxylic acids is 2. The van der Waals surface area contributed by atoms with Gasteiger partial charge in [0.2, 0.25) is 0 Å². The summed E-state index contributed by atoms with van der Waals surface area (Å²) in [7, 11) is 0. The maximum absolute atomic E-state index is 12.1. The Labute approximate surface area is 185 Å². The molecule has 0 unspecified atom stereocenters. The molecule has 0 saturated carbocycles. The number of anilines is 1. The average Bonchev–Trinajstić information content (AvgIpc) is 2.83. The molecule has 1 N–H and O–H groups in total. The summed E-state index contributed by atoms with van der Waals surface area (Å²) in [6, 6.07) is 15.1. The van der Waals surface area contributed by atoms with Gasteiger partial charge in [-0.05, 0) is 35.9 Å². The average molecular weight is 432 g/mol. The molecule has 1 aromatic heterocycles. The first-order valence-electron chi connectivity index (χ1n) is 10.4. The molecule has 0 spiro atoms. The van der Waals surface area contributed by atoms with E-state index in [0.717, 1.165) is 43.9 Å². The summed E-state index contributed by atoms with van der Waals surface area (Å²) < 4.78 is 10.4. The Morgan fingerprint density at radius 2 is 1.81 bits per heavy atom. The van der Waals surface area contributed by atoms with Crippen LogP contribution in [0.1, 0.15) is 11.3 Å². The fourth-order valence-corrected chi connectivity index (χ4v) is 3.30. The molecule has 3 aromatic rings. The molecule has 0 radical (unpaired) electrons.